The fraction of sp³-hybridized carbons (Fsp3) is 0.381. The van der Waals surface area contributed by atoms with E-state index in [9.17, 15) is 9.59 Å². The number of aromatic nitrogens is 1. The van der Waals surface area contributed by atoms with Crippen LogP contribution in [0.1, 0.15) is 23.0 Å². The van der Waals surface area contributed by atoms with Crippen LogP contribution in [0.3, 0.4) is 0 Å². The van der Waals surface area contributed by atoms with Crippen LogP contribution in [-0.2, 0) is 11.3 Å². The molecule has 8 nitrogen and oxygen atoms in total. The number of hydrogen-bond acceptors (Lipinski definition) is 6. The SMILES string of the molecule is COc1ccc(CNC(=O)c2cc(N3CCN(C(C)=O)CC3)ccn2)cc1OC. The van der Waals surface area contributed by atoms with Crippen LogP contribution in [0.2, 0.25) is 0 Å². The highest BCUT2D eigenvalue weighted by Gasteiger charge is 2.20. The van der Waals surface area contributed by atoms with E-state index in [0.29, 0.717) is 36.8 Å². The Labute approximate surface area is 170 Å². The Morgan fingerprint density at radius 1 is 1.03 bits per heavy atom. The van der Waals surface area contributed by atoms with Gasteiger partial charge in [-0.15, -0.1) is 0 Å². The average molecular weight is 398 g/mol. The van der Waals surface area contributed by atoms with Crippen LogP contribution in [0, 0.1) is 0 Å². The molecule has 1 saturated heterocycles. The summed E-state index contributed by atoms with van der Waals surface area (Å²) in [6.07, 6.45) is 1.64. The van der Waals surface area contributed by atoms with E-state index >= 15 is 0 Å². The number of anilines is 1. The minimum atomic E-state index is -0.246. The third-order valence-corrected chi connectivity index (χ3v) is 4.97. The summed E-state index contributed by atoms with van der Waals surface area (Å²) < 4.78 is 10.5. The van der Waals surface area contributed by atoms with Crippen LogP contribution >= 0.6 is 0 Å². The Morgan fingerprint density at radius 2 is 1.76 bits per heavy atom. The Kier molecular flexibility index (Phi) is 6.54. The van der Waals surface area contributed by atoms with Gasteiger partial charge in [0.25, 0.3) is 5.91 Å². The van der Waals surface area contributed by atoms with Gasteiger partial charge < -0.3 is 24.6 Å². The minimum absolute atomic E-state index is 0.0922. The molecule has 1 aromatic carbocycles. The largest absolute Gasteiger partial charge is 0.493 e. The molecule has 0 atom stereocenters. The summed E-state index contributed by atoms with van der Waals surface area (Å²) in [6.45, 7) is 4.76. The Morgan fingerprint density at radius 3 is 2.41 bits per heavy atom. The number of nitrogens with one attached hydrogen (secondary N) is 1. The number of amides is 2. The van der Waals surface area contributed by atoms with Gasteiger partial charge in [0.15, 0.2) is 11.5 Å². The summed E-state index contributed by atoms with van der Waals surface area (Å²) in [7, 11) is 3.16. The van der Waals surface area contributed by atoms with Crippen molar-refractivity contribution in [2.75, 3.05) is 45.3 Å². The zero-order valence-corrected chi connectivity index (χ0v) is 17.0. The summed E-state index contributed by atoms with van der Waals surface area (Å²) in [6, 6.07) is 9.18. The lowest BCUT2D eigenvalue weighted by Crippen LogP contribution is -2.48. The van der Waals surface area contributed by atoms with Crippen molar-refractivity contribution < 1.29 is 19.1 Å². The highest BCUT2D eigenvalue weighted by Crippen LogP contribution is 2.27. The maximum atomic E-state index is 12.6. The van der Waals surface area contributed by atoms with Gasteiger partial charge in [-0.05, 0) is 29.8 Å². The third kappa shape index (κ3) is 4.96. The number of rotatable bonds is 6. The molecule has 0 radical (unpaired) electrons. The lowest BCUT2D eigenvalue weighted by molar-refractivity contribution is -0.129. The van der Waals surface area contributed by atoms with E-state index < -0.39 is 0 Å². The lowest BCUT2D eigenvalue weighted by atomic mass is 10.2. The second kappa shape index (κ2) is 9.27. The molecule has 2 amide bonds. The predicted octanol–water partition coefficient (Wildman–Crippen LogP) is 1.70. The van der Waals surface area contributed by atoms with E-state index in [-0.39, 0.29) is 11.8 Å². The Hall–Kier alpha value is -3.29. The van der Waals surface area contributed by atoms with Crippen molar-refractivity contribution in [2.24, 2.45) is 0 Å². The maximum absolute atomic E-state index is 12.6. The molecule has 0 bridgehead atoms. The topological polar surface area (TPSA) is 84.0 Å². The smallest absolute Gasteiger partial charge is 0.270 e. The number of carbonyl (C=O) groups is 2. The molecule has 0 unspecified atom stereocenters. The van der Waals surface area contributed by atoms with Crippen molar-refractivity contribution in [2.45, 2.75) is 13.5 Å². The number of benzene rings is 1. The molecule has 1 fully saturated rings. The average Bonchev–Trinajstić information content (AvgIpc) is 2.77. The van der Waals surface area contributed by atoms with Crippen molar-refractivity contribution in [3.05, 3.63) is 47.8 Å². The predicted molar refractivity (Wildman–Crippen MR) is 109 cm³/mol. The van der Waals surface area contributed by atoms with E-state index in [1.165, 1.54) is 0 Å². The van der Waals surface area contributed by atoms with Crippen LogP contribution in [-0.4, -0.2) is 62.1 Å². The van der Waals surface area contributed by atoms with Gasteiger partial charge >= 0.3 is 0 Å². The minimum Gasteiger partial charge on any atom is -0.493 e. The van der Waals surface area contributed by atoms with Crippen molar-refractivity contribution in [3.8, 4) is 11.5 Å². The first kappa shape index (κ1) is 20.4. The number of nitrogens with zero attached hydrogens (tertiary/aromatic N) is 3. The highest BCUT2D eigenvalue weighted by molar-refractivity contribution is 5.93. The molecule has 3 rings (SSSR count). The number of methoxy groups -OCH3 is 2. The molecular formula is C21H26N4O4. The van der Waals surface area contributed by atoms with E-state index in [1.807, 2.05) is 23.1 Å². The van der Waals surface area contributed by atoms with Crippen LogP contribution in [0.25, 0.3) is 0 Å². The second-order valence-corrected chi connectivity index (χ2v) is 6.76. The van der Waals surface area contributed by atoms with Crippen LogP contribution in [0.15, 0.2) is 36.5 Å². The molecule has 1 aliphatic rings. The first-order valence-electron chi connectivity index (χ1n) is 9.47. The summed E-state index contributed by atoms with van der Waals surface area (Å²) in [5.41, 5.74) is 2.18. The van der Waals surface area contributed by atoms with Gasteiger partial charge in [-0.2, -0.15) is 0 Å². The van der Waals surface area contributed by atoms with Gasteiger partial charge in [-0.3, -0.25) is 14.6 Å². The van der Waals surface area contributed by atoms with Gasteiger partial charge in [-0.25, -0.2) is 0 Å². The summed E-state index contributed by atoms with van der Waals surface area (Å²) >= 11 is 0. The van der Waals surface area contributed by atoms with Crippen LogP contribution < -0.4 is 19.7 Å². The molecule has 0 saturated carbocycles. The summed E-state index contributed by atoms with van der Waals surface area (Å²) in [4.78, 5) is 32.2. The highest BCUT2D eigenvalue weighted by atomic mass is 16.5. The van der Waals surface area contributed by atoms with Crippen LogP contribution in [0.4, 0.5) is 5.69 Å². The van der Waals surface area contributed by atoms with E-state index in [0.717, 1.165) is 24.3 Å². The summed E-state index contributed by atoms with van der Waals surface area (Å²) in [5, 5.41) is 2.89. The van der Waals surface area contributed by atoms with E-state index in [2.05, 4.69) is 15.2 Å². The van der Waals surface area contributed by atoms with Crippen molar-refractivity contribution >= 4 is 17.5 Å². The monoisotopic (exact) mass is 398 g/mol. The molecule has 0 spiro atoms. The standard InChI is InChI=1S/C21H26N4O4/c1-15(26)24-8-10-25(11-9-24)17-6-7-22-18(13-17)21(27)23-14-16-4-5-19(28-2)20(12-16)29-3/h4-7,12-13H,8-11,14H2,1-3H3,(H,23,27). The number of piperazine rings is 1. The molecule has 1 aliphatic heterocycles. The number of hydrogen-bond donors (Lipinski definition) is 1. The fourth-order valence-corrected chi connectivity index (χ4v) is 3.28. The lowest BCUT2D eigenvalue weighted by Gasteiger charge is -2.35. The summed E-state index contributed by atoms with van der Waals surface area (Å²) in [5.74, 6) is 1.10. The van der Waals surface area contributed by atoms with Gasteiger partial charge in [0.05, 0.1) is 14.2 Å². The first-order chi connectivity index (χ1) is 14.0. The Bertz CT molecular complexity index is 879. The third-order valence-electron chi connectivity index (χ3n) is 4.97. The molecule has 8 heteroatoms. The molecule has 2 heterocycles. The molecule has 154 valence electrons. The fourth-order valence-electron chi connectivity index (χ4n) is 3.28. The molecule has 0 aliphatic carbocycles. The van der Waals surface area contributed by atoms with Crippen molar-refractivity contribution in [1.82, 2.24) is 15.2 Å². The zero-order chi connectivity index (χ0) is 20.8. The molecule has 2 aromatic rings. The maximum Gasteiger partial charge on any atom is 0.270 e. The van der Waals surface area contributed by atoms with Crippen molar-refractivity contribution in [3.63, 3.8) is 0 Å². The van der Waals surface area contributed by atoms with Gasteiger partial charge in [-0.1, -0.05) is 6.07 Å². The quantitative estimate of drug-likeness (QED) is 0.797. The normalized spacial score (nSPS) is 13.8. The van der Waals surface area contributed by atoms with Crippen molar-refractivity contribution in [1.29, 1.82) is 0 Å². The zero-order valence-electron chi connectivity index (χ0n) is 17.0. The Balaban J connectivity index is 1.62. The molecule has 1 N–H and O–H groups in total. The van der Waals surface area contributed by atoms with E-state index in [4.69, 9.17) is 9.47 Å². The van der Waals surface area contributed by atoms with E-state index in [1.54, 1.807) is 39.5 Å². The molecule has 1 aromatic heterocycles. The van der Waals surface area contributed by atoms with Crippen LogP contribution in [0.5, 0.6) is 11.5 Å². The van der Waals surface area contributed by atoms with Gasteiger partial charge in [0.2, 0.25) is 5.91 Å². The van der Waals surface area contributed by atoms with Gasteiger partial charge in [0.1, 0.15) is 5.69 Å². The number of pyridine rings is 1. The first-order valence-corrected chi connectivity index (χ1v) is 9.47. The van der Waals surface area contributed by atoms with Gasteiger partial charge in [0, 0.05) is 51.5 Å². The number of carbonyl (C=O) groups excluding carboxylic acids is 2. The second-order valence-electron chi connectivity index (χ2n) is 6.76. The molecule has 29 heavy (non-hydrogen) atoms. The number of ether oxygens (including phenoxy) is 2. The molecular weight excluding hydrogens is 372 g/mol.